The van der Waals surface area contributed by atoms with Crippen LogP contribution in [0.1, 0.15) is 32.9 Å². The second-order valence-electron chi connectivity index (χ2n) is 7.65. The van der Waals surface area contributed by atoms with E-state index in [4.69, 9.17) is 4.52 Å². The van der Waals surface area contributed by atoms with Crippen molar-refractivity contribution in [2.45, 2.75) is 26.3 Å². The van der Waals surface area contributed by atoms with Gasteiger partial charge in [0.1, 0.15) is 0 Å². The maximum atomic E-state index is 13.2. The number of hydrogen-bond donors (Lipinski definition) is 0. The highest BCUT2D eigenvalue weighted by molar-refractivity contribution is 5.95. The van der Waals surface area contributed by atoms with Crippen LogP contribution in [0, 0.1) is 6.92 Å². The summed E-state index contributed by atoms with van der Waals surface area (Å²) in [6.07, 6.45) is 1.81. The number of aromatic nitrogens is 1. The van der Waals surface area contributed by atoms with Gasteiger partial charge in [0.15, 0.2) is 5.76 Å². The Morgan fingerprint density at radius 1 is 0.966 bits per heavy atom. The molecule has 1 aliphatic heterocycles. The Morgan fingerprint density at radius 2 is 1.69 bits per heavy atom. The Balaban J connectivity index is 1.36. The van der Waals surface area contributed by atoms with Gasteiger partial charge in [0.05, 0.1) is 12.2 Å². The van der Waals surface area contributed by atoms with E-state index < -0.39 is 0 Å². The molecule has 2 heterocycles. The van der Waals surface area contributed by atoms with Crippen LogP contribution in [-0.4, -0.2) is 47.0 Å². The zero-order valence-electron chi connectivity index (χ0n) is 16.9. The number of benzene rings is 2. The summed E-state index contributed by atoms with van der Waals surface area (Å²) >= 11 is 0. The van der Waals surface area contributed by atoms with Crippen LogP contribution in [-0.2, 0) is 19.4 Å². The summed E-state index contributed by atoms with van der Waals surface area (Å²) in [7, 11) is 0. The molecule has 2 aromatic carbocycles. The van der Waals surface area contributed by atoms with Crippen molar-refractivity contribution in [2.75, 3.05) is 26.2 Å². The van der Waals surface area contributed by atoms with E-state index in [9.17, 15) is 4.79 Å². The highest BCUT2D eigenvalue weighted by Gasteiger charge is 2.24. The molecule has 1 amide bonds. The summed E-state index contributed by atoms with van der Waals surface area (Å²) in [6, 6.07) is 20.4. The van der Waals surface area contributed by atoms with Crippen molar-refractivity contribution in [3.63, 3.8) is 0 Å². The Bertz CT molecular complexity index is 944. The number of nitrogens with zero attached hydrogens (tertiary/aromatic N) is 3. The van der Waals surface area contributed by atoms with Crippen molar-refractivity contribution in [1.29, 1.82) is 0 Å². The van der Waals surface area contributed by atoms with Gasteiger partial charge in [-0.3, -0.25) is 9.69 Å². The summed E-state index contributed by atoms with van der Waals surface area (Å²) in [5.74, 6) is 1.03. The molecule has 0 atom stereocenters. The van der Waals surface area contributed by atoms with Gasteiger partial charge >= 0.3 is 0 Å². The van der Waals surface area contributed by atoms with Crippen LogP contribution in [0.3, 0.4) is 0 Å². The van der Waals surface area contributed by atoms with Crippen molar-refractivity contribution in [1.82, 2.24) is 15.0 Å². The van der Waals surface area contributed by atoms with E-state index in [0.29, 0.717) is 0 Å². The minimum Gasteiger partial charge on any atom is -0.360 e. The first-order chi connectivity index (χ1) is 14.2. The average Bonchev–Trinajstić information content (AvgIpc) is 3.18. The SMILES string of the molecule is Cc1cc(CN2CCN(C(=O)c3ccccc3CCc3ccccc3)CC2)on1. The van der Waals surface area contributed by atoms with Gasteiger partial charge < -0.3 is 9.42 Å². The fourth-order valence-electron chi connectivity index (χ4n) is 3.86. The monoisotopic (exact) mass is 389 g/mol. The van der Waals surface area contributed by atoms with Gasteiger partial charge in [-0.1, -0.05) is 53.7 Å². The highest BCUT2D eigenvalue weighted by atomic mass is 16.5. The lowest BCUT2D eigenvalue weighted by Crippen LogP contribution is -2.48. The second kappa shape index (κ2) is 9.05. The largest absolute Gasteiger partial charge is 0.360 e. The standard InChI is InChI=1S/C24H27N3O2/c1-19-17-22(29-25-19)18-26-13-15-27(16-14-26)24(28)23-10-6-5-9-21(23)12-11-20-7-3-2-4-8-20/h2-10,17H,11-16,18H2,1H3. The zero-order chi connectivity index (χ0) is 20.1. The van der Waals surface area contributed by atoms with Crippen LogP contribution in [0.2, 0.25) is 0 Å². The summed E-state index contributed by atoms with van der Waals surface area (Å²) in [6.45, 7) is 5.84. The molecule has 0 N–H and O–H groups in total. The number of amides is 1. The highest BCUT2D eigenvalue weighted by Crippen LogP contribution is 2.17. The quantitative estimate of drug-likeness (QED) is 0.645. The van der Waals surface area contributed by atoms with Gasteiger partial charge in [-0.2, -0.15) is 0 Å². The summed E-state index contributed by atoms with van der Waals surface area (Å²) in [5, 5.41) is 3.95. The van der Waals surface area contributed by atoms with Gasteiger partial charge in [-0.25, -0.2) is 0 Å². The normalized spacial score (nSPS) is 14.9. The number of carbonyl (C=O) groups is 1. The van der Waals surface area contributed by atoms with Crippen LogP contribution >= 0.6 is 0 Å². The van der Waals surface area contributed by atoms with E-state index >= 15 is 0 Å². The molecule has 0 radical (unpaired) electrons. The zero-order valence-corrected chi connectivity index (χ0v) is 16.9. The van der Waals surface area contributed by atoms with E-state index in [1.54, 1.807) is 0 Å². The molecule has 0 aliphatic carbocycles. The van der Waals surface area contributed by atoms with Crippen molar-refractivity contribution in [2.24, 2.45) is 0 Å². The molecule has 1 fully saturated rings. The van der Waals surface area contributed by atoms with Crippen LogP contribution in [0.4, 0.5) is 0 Å². The van der Waals surface area contributed by atoms with Gasteiger partial charge in [0.2, 0.25) is 0 Å². The Morgan fingerprint density at radius 3 is 2.41 bits per heavy atom. The van der Waals surface area contributed by atoms with Crippen LogP contribution in [0.5, 0.6) is 0 Å². The molecule has 3 aromatic rings. The number of rotatable bonds is 6. The summed E-state index contributed by atoms with van der Waals surface area (Å²) in [4.78, 5) is 17.5. The molecule has 1 aromatic heterocycles. The smallest absolute Gasteiger partial charge is 0.254 e. The second-order valence-corrected chi connectivity index (χ2v) is 7.65. The first-order valence-corrected chi connectivity index (χ1v) is 10.2. The topological polar surface area (TPSA) is 49.6 Å². The third-order valence-electron chi connectivity index (χ3n) is 5.49. The molecule has 0 saturated carbocycles. The fourth-order valence-corrected chi connectivity index (χ4v) is 3.86. The van der Waals surface area contributed by atoms with E-state index in [2.05, 4.69) is 40.4 Å². The summed E-state index contributed by atoms with van der Waals surface area (Å²) in [5.41, 5.74) is 4.16. The predicted octanol–water partition coefficient (Wildman–Crippen LogP) is 3.73. The minimum atomic E-state index is 0.142. The molecule has 0 spiro atoms. The van der Waals surface area contributed by atoms with E-state index in [0.717, 1.165) is 68.1 Å². The molecule has 5 heteroatoms. The van der Waals surface area contributed by atoms with Gasteiger partial charge in [0.25, 0.3) is 5.91 Å². The maximum absolute atomic E-state index is 13.2. The fraction of sp³-hybridized carbons (Fsp3) is 0.333. The lowest BCUT2D eigenvalue weighted by molar-refractivity contribution is 0.0616. The lowest BCUT2D eigenvalue weighted by atomic mass is 9.99. The predicted molar refractivity (Wildman–Crippen MR) is 113 cm³/mol. The molecule has 1 aliphatic rings. The van der Waals surface area contributed by atoms with E-state index in [-0.39, 0.29) is 5.91 Å². The molecule has 4 rings (SSSR count). The van der Waals surface area contributed by atoms with E-state index in [1.165, 1.54) is 5.56 Å². The van der Waals surface area contributed by atoms with Gasteiger partial charge in [0, 0.05) is 37.8 Å². The number of hydrogen-bond acceptors (Lipinski definition) is 4. The maximum Gasteiger partial charge on any atom is 0.254 e. The number of piperazine rings is 1. The van der Waals surface area contributed by atoms with Crippen molar-refractivity contribution in [3.05, 3.63) is 88.8 Å². The Hall–Kier alpha value is -2.92. The molecular formula is C24H27N3O2. The lowest BCUT2D eigenvalue weighted by Gasteiger charge is -2.34. The van der Waals surface area contributed by atoms with Crippen molar-refractivity contribution < 1.29 is 9.32 Å². The first-order valence-electron chi connectivity index (χ1n) is 10.2. The minimum absolute atomic E-state index is 0.142. The van der Waals surface area contributed by atoms with Gasteiger partial charge in [-0.15, -0.1) is 0 Å². The third-order valence-corrected chi connectivity index (χ3v) is 5.49. The molecule has 150 valence electrons. The number of aryl methyl sites for hydroxylation is 3. The van der Waals surface area contributed by atoms with Gasteiger partial charge in [-0.05, 0) is 37.0 Å². The van der Waals surface area contributed by atoms with Crippen molar-refractivity contribution >= 4 is 5.91 Å². The van der Waals surface area contributed by atoms with Crippen LogP contribution < -0.4 is 0 Å². The summed E-state index contributed by atoms with van der Waals surface area (Å²) < 4.78 is 5.32. The molecule has 29 heavy (non-hydrogen) atoms. The molecular weight excluding hydrogens is 362 g/mol. The Kier molecular flexibility index (Phi) is 6.06. The Labute approximate surface area is 171 Å². The first kappa shape index (κ1) is 19.4. The molecule has 0 bridgehead atoms. The van der Waals surface area contributed by atoms with E-state index in [1.807, 2.05) is 42.2 Å². The molecule has 5 nitrogen and oxygen atoms in total. The number of carbonyl (C=O) groups excluding carboxylic acids is 1. The van der Waals surface area contributed by atoms with Crippen LogP contribution in [0.15, 0.2) is 65.2 Å². The average molecular weight is 389 g/mol. The molecule has 1 saturated heterocycles. The van der Waals surface area contributed by atoms with Crippen LogP contribution in [0.25, 0.3) is 0 Å². The van der Waals surface area contributed by atoms with Crippen molar-refractivity contribution in [3.8, 4) is 0 Å². The molecule has 0 unspecified atom stereocenters. The third kappa shape index (κ3) is 4.93.